The van der Waals surface area contributed by atoms with Crippen molar-refractivity contribution in [1.29, 1.82) is 0 Å². The molecule has 0 aromatic heterocycles. The van der Waals surface area contributed by atoms with Crippen LogP contribution in [0.5, 0.6) is 5.75 Å². The number of rotatable bonds is 6. The van der Waals surface area contributed by atoms with Crippen LogP contribution < -0.4 is 4.74 Å². The zero-order chi connectivity index (χ0) is 21.5. The van der Waals surface area contributed by atoms with Crippen LogP contribution in [0.4, 0.5) is 0 Å². The third-order valence-corrected chi connectivity index (χ3v) is 5.79. The van der Waals surface area contributed by atoms with Crippen molar-refractivity contribution >= 4 is 11.8 Å². The van der Waals surface area contributed by atoms with Gasteiger partial charge in [0.2, 0.25) is 5.91 Å². The van der Waals surface area contributed by atoms with E-state index in [9.17, 15) is 9.59 Å². The fraction of sp³-hybridized carbons (Fsp3) is 0.440. The van der Waals surface area contributed by atoms with Gasteiger partial charge in [-0.25, -0.2) is 0 Å². The summed E-state index contributed by atoms with van der Waals surface area (Å²) < 4.78 is 5.70. The summed E-state index contributed by atoms with van der Waals surface area (Å²) in [5.41, 5.74) is 4.76. The molecular formula is C25H32N2O3. The third kappa shape index (κ3) is 6.09. The molecule has 0 unspecified atom stereocenters. The van der Waals surface area contributed by atoms with Gasteiger partial charge in [-0.1, -0.05) is 35.9 Å². The second-order valence-corrected chi connectivity index (χ2v) is 8.14. The molecule has 1 aliphatic heterocycles. The largest absolute Gasteiger partial charge is 0.484 e. The van der Waals surface area contributed by atoms with Crippen molar-refractivity contribution in [2.24, 2.45) is 0 Å². The maximum absolute atomic E-state index is 12.6. The van der Waals surface area contributed by atoms with Gasteiger partial charge in [0, 0.05) is 32.6 Å². The molecule has 2 aromatic carbocycles. The van der Waals surface area contributed by atoms with Gasteiger partial charge in [0.25, 0.3) is 5.91 Å². The van der Waals surface area contributed by atoms with Crippen LogP contribution in [0.15, 0.2) is 42.5 Å². The van der Waals surface area contributed by atoms with Crippen LogP contribution in [0, 0.1) is 20.8 Å². The van der Waals surface area contributed by atoms with E-state index in [0.717, 1.165) is 18.4 Å². The molecule has 0 atom stereocenters. The molecule has 160 valence electrons. The van der Waals surface area contributed by atoms with Crippen molar-refractivity contribution in [3.05, 3.63) is 64.7 Å². The van der Waals surface area contributed by atoms with E-state index in [4.69, 9.17) is 4.74 Å². The highest BCUT2D eigenvalue weighted by atomic mass is 16.5. The van der Waals surface area contributed by atoms with Gasteiger partial charge < -0.3 is 14.5 Å². The second-order valence-electron chi connectivity index (χ2n) is 8.14. The number of hydrogen-bond donors (Lipinski definition) is 0. The maximum Gasteiger partial charge on any atom is 0.260 e. The maximum atomic E-state index is 12.6. The fourth-order valence-electron chi connectivity index (χ4n) is 3.62. The molecule has 0 radical (unpaired) electrons. The standard InChI is InChI=1S/C25H32N2O3/c1-19-5-8-22(9-6-19)10-12-24(28)26-13-4-14-27(16-15-26)25(29)18-30-23-11-7-20(2)21(3)17-23/h5-9,11,17H,4,10,12-16,18H2,1-3H3. The Bertz CT molecular complexity index is 876. The Morgan fingerprint density at radius 1 is 0.833 bits per heavy atom. The monoisotopic (exact) mass is 408 g/mol. The molecule has 30 heavy (non-hydrogen) atoms. The minimum absolute atomic E-state index is 0.0258. The molecule has 1 saturated heterocycles. The summed E-state index contributed by atoms with van der Waals surface area (Å²) in [6.45, 7) is 8.69. The molecule has 3 rings (SSSR count). The van der Waals surface area contributed by atoms with Crippen molar-refractivity contribution in [2.75, 3.05) is 32.8 Å². The lowest BCUT2D eigenvalue weighted by molar-refractivity contribution is -0.134. The number of hydrogen-bond acceptors (Lipinski definition) is 3. The summed E-state index contributed by atoms with van der Waals surface area (Å²) in [6, 6.07) is 14.2. The second kappa shape index (κ2) is 10.3. The highest BCUT2D eigenvalue weighted by Gasteiger charge is 2.22. The number of carbonyl (C=O) groups excluding carboxylic acids is 2. The van der Waals surface area contributed by atoms with Crippen molar-refractivity contribution in [3.8, 4) is 5.75 Å². The van der Waals surface area contributed by atoms with Crippen LogP contribution in [0.1, 0.15) is 35.1 Å². The molecule has 2 amide bonds. The normalized spacial score (nSPS) is 14.4. The van der Waals surface area contributed by atoms with Crippen LogP contribution in [0.25, 0.3) is 0 Å². The molecule has 0 N–H and O–H groups in total. The third-order valence-electron chi connectivity index (χ3n) is 5.79. The molecule has 0 aliphatic carbocycles. The smallest absolute Gasteiger partial charge is 0.260 e. The fourth-order valence-corrected chi connectivity index (χ4v) is 3.62. The van der Waals surface area contributed by atoms with Gasteiger partial charge in [-0.2, -0.15) is 0 Å². The topological polar surface area (TPSA) is 49.9 Å². The summed E-state index contributed by atoms with van der Waals surface area (Å²) in [6.07, 6.45) is 2.06. The Morgan fingerprint density at radius 3 is 2.17 bits per heavy atom. The number of benzene rings is 2. The van der Waals surface area contributed by atoms with Gasteiger partial charge in [-0.05, 0) is 62.4 Å². The molecular weight excluding hydrogens is 376 g/mol. The molecule has 2 aromatic rings. The first-order valence-corrected chi connectivity index (χ1v) is 10.7. The Balaban J connectivity index is 1.45. The number of aryl methyl sites for hydroxylation is 4. The van der Waals surface area contributed by atoms with Crippen LogP contribution in [0.3, 0.4) is 0 Å². The number of amides is 2. The van der Waals surface area contributed by atoms with E-state index in [1.165, 1.54) is 16.7 Å². The van der Waals surface area contributed by atoms with E-state index >= 15 is 0 Å². The van der Waals surface area contributed by atoms with Crippen LogP contribution in [-0.4, -0.2) is 54.4 Å². The zero-order valence-electron chi connectivity index (χ0n) is 18.3. The van der Waals surface area contributed by atoms with Gasteiger partial charge in [0.05, 0.1) is 0 Å². The number of carbonyl (C=O) groups is 2. The molecule has 5 nitrogen and oxygen atoms in total. The number of nitrogens with zero attached hydrogens (tertiary/aromatic N) is 2. The molecule has 1 heterocycles. The van der Waals surface area contributed by atoms with Crippen LogP contribution in [0.2, 0.25) is 0 Å². The van der Waals surface area contributed by atoms with E-state index in [1.54, 1.807) is 0 Å². The molecule has 1 fully saturated rings. The summed E-state index contributed by atoms with van der Waals surface area (Å²) in [5, 5.41) is 0. The van der Waals surface area contributed by atoms with Crippen molar-refractivity contribution in [3.63, 3.8) is 0 Å². The minimum atomic E-state index is -0.0258. The molecule has 1 aliphatic rings. The lowest BCUT2D eigenvalue weighted by Gasteiger charge is -2.22. The Morgan fingerprint density at radius 2 is 1.50 bits per heavy atom. The first-order valence-electron chi connectivity index (χ1n) is 10.7. The SMILES string of the molecule is Cc1ccc(CCC(=O)N2CCCN(C(=O)COc3ccc(C)c(C)c3)CC2)cc1. The van der Waals surface area contributed by atoms with Crippen molar-refractivity contribution in [2.45, 2.75) is 40.0 Å². The van der Waals surface area contributed by atoms with Gasteiger partial charge in [0.15, 0.2) is 6.61 Å². The van der Waals surface area contributed by atoms with Crippen LogP contribution in [-0.2, 0) is 16.0 Å². The zero-order valence-corrected chi connectivity index (χ0v) is 18.3. The quantitative estimate of drug-likeness (QED) is 0.733. The molecule has 0 saturated carbocycles. The van der Waals surface area contributed by atoms with E-state index in [-0.39, 0.29) is 18.4 Å². The molecule has 0 spiro atoms. The lowest BCUT2D eigenvalue weighted by atomic mass is 10.1. The number of ether oxygens (including phenoxy) is 1. The summed E-state index contributed by atoms with van der Waals surface area (Å²) in [5.74, 6) is 0.854. The van der Waals surface area contributed by atoms with Crippen molar-refractivity contribution < 1.29 is 14.3 Å². The van der Waals surface area contributed by atoms with Crippen LogP contribution >= 0.6 is 0 Å². The van der Waals surface area contributed by atoms with E-state index < -0.39 is 0 Å². The molecule has 5 heteroatoms. The predicted molar refractivity (Wildman–Crippen MR) is 119 cm³/mol. The Kier molecular flexibility index (Phi) is 7.50. The van der Waals surface area contributed by atoms with Crippen molar-refractivity contribution in [1.82, 2.24) is 9.80 Å². The van der Waals surface area contributed by atoms with E-state index in [2.05, 4.69) is 38.1 Å². The lowest BCUT2D eigenvalue weighted by Crippen LogP contribution is -2.39. The highest BCUT2D eigenvalue weighted by molar-refractivity contribution is 5.79. The summed E-state index contributed by atoms with van der Waals surface area (Å²) in [7, 11) is 0. The van der Waals surface area contributed by atoms with Gasteiger partial charge >= 0.3 is 0 Å². The van der Waals surface area contributed by atoms with Gasteiger partial charge in [-0.15, -0.1) is 0 Å². The summed E-state index contributed by atoms with van der Waals surface area (Å²) in [4.78, 5) is 28.9. The van der Waals surface area contributed by atoms with E-state index in [0.29, 0.717) is 38.3 Å². The van der Waals surface area contributed by atoms with E-state index in [1.807, 2.05) is 34.9 Å². The summed E-state index contributed by atoms with van der Waals surface area (Å²) >= 11 is 0. The predicted octanol–water partition coefficient (Wildman–Crippen LogP) is 3.68. The Hall–Kier alpha value is -2.82. The Labute approximate surface area is 179 Å². The average Bonchev–Trinajstić information content (AvgIpc) is 3.00. The average molecular weight is 409 g/mol. The first-order chi connectivity index (χ1) is 14.4. The molecule has 0 bridgehead atoms. The highest BCUT2D eigenvalue weighted by Crippen LogP contribution is 2.17. The minimum Gasteiger partial charge on any atom is -0.484 e. The van der Waals surface area contributed by atoms with Gasteiger partial charge in [-0.3, -0.25) is 9.59 Å². The van der Waals surface area contributed by atoms with Gasteiger partial charge in [0.1, 0.15) is 5.75 Å². The first kappa shape index (κ1) is 21.9.